The van der Waals surface area contributed by atoms with Crippen molar-refractivity contribution in [1.82, 2.24) is 0 Å². The lowest BCUT2D eigenvalue weighted by atomic mass is 9.77. The number of carbonyl (C=O) groups is 1. The monoisotopic (exact) mass is 226 g/mol. The van der Waals surface area contributed by atoms with Gasteiger partial charge in [0.15, 0.2) is 0 Å². The average Bonchev–Trinajstić information content (AvgIpc) is 2.35. The van der Waals surface area contributed by atoms with Crippen LogP contribution in [0.15, 0.2) is 0 Å². The number of ether oxygens (including phenoxy) is 1. The van der Waals surface area contributed by atoms with Crippen molar-refractivity contribution in [3.05, 3.63) is 0 Å². The van der Waals surface area contributed by atoms with E-state index in [1.165, 1.54) is 19.3 Å². The SMILES string of the molecule is CCC1CCCC(C(=O)CCC(C)OC)C1. The summed E-state index contributed by atoms with van der Waals surface area (Å²) in [6, 6.07) is 0. The van der Waals surface area contributed by atoms with Gasteiger partial charge in [0.05, 0.1) is 6.10 Å². The predicted molar refractivity (Wildman–Crippen MR) is 66.5 cm³/mol. The fraction of sp³-hybridized carbons (Fsp3) is 0.929. The van der Waals surface area contributed by atoms with E-state index in [0.717, 1.165) is 25.2 Å². The molecule has 1 saturated carbocycles. The van der Waals surface area contributed by atoms with Crippen LogP contribution in [0, 0.1) is 11.8 Å². The molecular weight excluding hydrogens is 200 g/mol. The first-order valence-electron chi connectivity index (χ1n) is 6.72. The topological polar surface area (TPSA) is 26.3 Å². The highest BCUT2D eigenvalue weighted by molar-refractivity contribution is 5.81. The predicted octanol–water partition coefficient (Wildman–Crippen LogP) is 3.59. The van der Waals surface area contributed by atoms with Gasteiger partial charge in [-0.15, -0.1) is 0 Å². The van der Waals surface area contributed by atoms with Crippen molar-refractivity contribution in [2.24, 2.45) is 11.8 Å². The molecule has 0 bridgehead atoms. The molecule has 0 saturated heterocycles. The molecule has 2 heteroatoms. The van der Waals surface area contributed by atoms with Gasteiger partial charge in [0.2, 0.25) is 0 Å². The first kappa shape index (κ1) is 13.7. The maximum atomic E-state index is 12.0. The van der Waals surface area contributed by atoms with Crippen molar-refractivity contribution >= 4 is 5.78 Å². The van der Waals surface area contributed by atoms with Crippen molar-refractivity contribution in [1.29, 1.82) is 0 Å². The van der Waals surface area contributed by atoms with E-state index in [9.17, 15) is 4.79 Å². The second kappa shape index (κ2) is 7.05. The summed E-state index contributed by atoms with van der Waals surface area (Å²) in [6.45, 7) is 4.27. The third-order valence-corrected chi connectivity index (χ3v) is 4.02. The van der Waals surface area contributed by atoms with Crippen LogP contribution in [0.5, 0.6) is 0 Å². The molecule has 3 atom stereocenters. The van der Waals surface area contributed by atoms with Crippen molar-refractivity contribution in [3.63, 3.8) is 0 Å². The van der Waals surface area contributed by atoms with Gasteiger partial charge in [-0.2, -0.15) is 0 Å². The number of carbonyl (C=O) groups excluding carboxylic acids is 1. The number of Topliss-reactive ketones (excluding diaryl/α,β-unsaturated/α-hetero) is 1. The van der Waals surface area contributed by atoms with Crippen molar-refractivity contribution < 1.29 is 9.53 Å². The molecule has 0 aromatic heterocycles. The third kappa shape index (κ3) is 4.25. The molecule has 0 radical (unpaired) electrons. The van der Waals surface area contributed by atoms with Crippen LogP contribution in [0.4, 0.5) is 0 Å². The molecule has 16 heavy (non-hydrogen) atoms. The van der Waals surface area contributed by atoms with E-state index in [1.54, 1.807) is 7.11 Å². The molecule has 0 aromatic carbocycles. The van der Waals surface area contributed by atoms with E-state index >= 15 is 0 Å². The molecule has 0 heterocycles. The van der Waals surface area contributed by atoms with Crippen LogP contribution < -0.4 is 0 Å². The first-order chi connectivity index (χ1) is 7.67. The number of methoxy groups -OCH3 is 1. The van der Waals surface area contributed by atoms with Crippen LogP contribution in [0.3, 0.4) is 0 Å². The summed E-state index contributed by atoms with van der Waals surface area (Å²) in [5, 5.41) is 0. The number of rotatable bonds is 6. The molecule has 3 unspecified atom stereocenters. The zero-order valence-corrected chi connectivity index (χ0v) is 11.0. The second-order valence-corrected chi connectivity index (χ2v) is 5.19. The van der Waals surface area contributed by atoms with Crippen molar-refractivity contribution in [2.45, 2.75) is 64.9 Å². The average molecular weight is 226 g/mol. The minimum Gasteiger partial charge on any atom is -0.382 e. The van der Waals surface area contributed by atoms with E-state index in [0.29, 0.717) is 18.1 Å². The quantitative estimate of drug-likeness (QED) is 0.692. The van der Waals surface area contributed by atoms with Gasteiger partial charge in [0.1, 0.15) is 5.78 Å². The fourth-order valence-corrected chi connectivity index (χ4v) is 2.62. The van der Waals surface area contributed by atoms with E-state index in [-0.39, 0.29) is 6.10 Å². The van der Waals surface area contributed by atoms with Gasteiger partial charge < -0.3 is 4.74 Å². The Labute approximate surface area is 99.8 Å². The van der Waals surface area contributed by atoms with Gasteiger partial charge in [0, 0.05) is 19.4 Å². The summed E-state index contributed by atoms with van der Waals surface area (Å²) in [6.07, 6.45) is 7.86. The van der Waals surface area contributed by atoms with Gasteiger partial charge in [-0.05, 0) is 32.1 Å². The molecule has 0 aliphatic heterocycles. The van der Waals surface area contributed by atoms with Crippen LogP contribution >= 0.6 is 0 Å². The van der Waals surface area contributed by atoms with Crippen LogP contribution in [0.25, 0.3) is 0 Å². The number of ketones is 1. The Kier molecular flexibility index (Phi) is 6.04. The van der Waals surface area contributed by atoms with Gasteiger partial charge in [-0.3, -0.25) is 4.79 Å². The fourth-order valence-electron chi connectivity index (χ4n) is 2.62. The third-order valence-electron chi connectivity index (χ3n) is 4.02. The largest absolute Gasteiger partial charge is 0.382 e. The maximum Gasteiger partial charge on any atom is 0.136 e. The summed E-state index contributed by atoms with van der Waals surface area (Å²) in [5.41, 5.74) is 0. The molecule has 1 aliphatic carbocycles. The van der Waals surface area contributed by atoms with Crippen LogP contribution in [0.1, 0.15) is 58.8 Å². The van der Waals surface area contributed by atoms with E-state index in [4.69, 9.17) is 4.74 Å². The van der Waals surface area contributed by atoms with E-state index < -0.39 is 0 Å². The second-order valence-electron chi connectivity index (χ2n) is 5.19. The highest BCUT2D eigenvalue weighted by atomic mass is 16.5. The Hall–Kier alpha value is -0.370. The van der Waals surface area contributed by atoms with Crippen LogP contribution in [-0.4, -0.2) is 19.0 Å². The molecule has 0 spiro atoms. The Morgan fingerprint density at radius 1 is 1.44 bits per heavy atom. The van der Waals surface area contributed by atoms with Crippen molar-refractivity contribution in [2.75, 3.05) is 7.11 Å². The summed E-state index contributed by atoms with van der Waals surface area (Å²) in [4.78, 5) is 12.0. The Bertz CT molecular complexity index is 213. The van der Waals surface area contributed by atoms with Gasteiger partial charge >= 0.3 is 0 Å². The molecule has 0 amide bonds. The molecule has 94 valence electrons. The van der Waals surface area contributed by atoms with Crippen LogP contribution in [-0.2, 0) is 9.53 Å². The first-order valence-corrected chi connectivity index (χ1v) is 6.72. The number of hydrogen-bond acceptors (Lipinski definition) is 2. The highest BCUT2D eigenvalue weighted by Crippen LogP contribution is 2.32. The molecule has 1 rings (SSSR count). The Morgan fingerprint density at radius 2 is 2.19 bits per heavy atom. The summed E-state index contributed by atoms with van der Waals surface area (Å²) >= 11 is 0. The van der Waals surface area contributed by atoms with E-state index in [1.807, 2.05) is 6.92 Å². The van der Waals surface area contributed by atoms with Crippen LogP contribution in [0.2, 0.25) is 0 Å². The molecule has 1 aliphatic rings. The lowest BCUT2D eigenvalue weighted by molar-refractivity contribution is -0.124. The zero-order valence-electron chi connectivity index (χ0n) is 11.0. The smallest absolute Gasteiger partial charge is 0.136 e. The lowest BCUT2D eigenvalue weighted by Crippen LogP contribution is -2.23. The number of hydrogen-bond donors (Lipinski definition) is 0. The zero-order chi connectivity index (χ0) is 12.0. The highest BCUT2D eigenvalue weighted by Gasteiger charge is 2.25. The summed E-state index contributed by atoms with van der Waals surface area (Å²) in [5.74, 6) is 1.62. The standard InChI is InChI=1S/C14H26O2/c1-4-12-6-5-7-13(10-12)14(15)9-8-11(2)16-3/h11-13H,4-10H2,1-3H3. The minimum absolute atomic E-state index is 0.217. The summed E-state index contributed by atoms with van der Waals surface area (Å²) in [7, 11) is 1.71. The van der Waals surface area contributed by atoms with Gasteiger partial charge in [-0.1, -0.05) is 26.2 Å². The summed E-state index contributed by atoms with van der Waals surface area (Å²) < 4.78 is 5.18. The normalized spacial score (nSPS) is 27.7. The molecule has 0 aromatic rings. The lowest BCUT2D eigenvalue weighted by Gasteiger charge is -2.27. The molecule has 1 fully saturated rings. The minimum atomic E-state index is 0.217. The van der Waals surface area contributed by atoms with Gasteiger partial charge in [-0.25, -0.2) is 0 Å². The maximum absolute atomic E-state index is 12.0. The Balaban J connectivity index is 2.30. The molecule has 2 nitrogen and oxygen atoms in total. The molecule has 0 N–H and O–H groups in total. The van der Waals surface area contributed by atoms with Crippen molar-refractivity contribution in [3.8, 4) is 0 Å². The van der Waals surface area contributed by atoms with Gasteiger partial charge in [0.25, 0.3) is 0 Å². The Morgan fingerprint density at radius 3 is 2.81 bits per heavy atom. The molecular formula is C14H26O2. The van der Waals surface area contributed by atoms with E-state index in [2.05, 4.69) is 6.92 Å².